The summed E-state index contributed by atoms with van der Waals surface area (Å²) in [6, 6.07) is 3.61. The lowest BCUT2D eigenvalue weighted by Crippen LogP contribution is -2.49. The lowest BCUT2D eigenvalue weighted by Gasteiger charge is -2.40. The zero-order valence-electron chi connectivity index (χ0n) is 33.6. The fraction of sp³-hybridized carbons (Fsp3) is 0.368. The highest BCUT2D eigenvalue weighted by molar-refractivity contribution is 6.28. The first-order valence-electron chi connectivity index (χ1n) is 17.8. The largest absolute Gasteiger partial charge is 0.494 e. The maximum absolute atomic E-state index is 5.78. The summed E-state index contributed by atoms with van der Waals surface area (Å²) in [7, 11) is 10.9. The minimum Gasteiger partial charge on any atom is -0.494 e. The fourth-order valence-electron chi connectivity index (χ4n) is 5.66. The van der Waals surface area contributed by atoms with Crippen molar-refractivity contribution in [2.75, 3.05) is 62.4 Å². The van der Waals surface area contributed by atoms with Crippen LogP contribution in [-0.2, 0) is 14.1 Å². The molecule has 8 rings (SSSR count). The standard InChI is InChI=1S/C19H23N7O2.C10H12N4O.C9H12ClN3O/c1-19(2)11-28-15-9-21-18(24-17(15)26(19)4)23-13-6-14(27-5)16(20-8-13)12-7-22-25(3)10-12;1-14-6-7(4-13-14)10-9(15-2)3-8(11)5-12-10;1-9(2)5-14-6-4-11-8(10)12-7(6)13(9)3/h6-10H,11H2,1-5H3,(H,21,23,24);3-6H,11H2,1-2H3;4H,5H2,1-3H3. The SMILES string of the molecule is CN1c2nc(Cl)ncc2OCC1(C)C.COc1cc(N)cnc1-c1cnn(C)c1.COc1cc(Nc2ncc3c(n2)N(C)C(C)(C)CO3)cnc1-c1cnn(C)c1. The van der Waals surface area contributed by atoms with Crippen LogP contribution in [0.4, 0.5) is 29.0 Å². The second-order valence-electron chi connectivity index (χ2n) is 14.6. The third kappa shape index (κ3) is 9.01. The second-order valence-corrected chi connectivity index (χ2v) is 14.9. The normalized spacial score (nSPS) is 14.6. The molecule has 0 unspecified atom stereocenters. The van der Waals surface area contributed by atoms with Crippen LogP contribution in [0.15, 0.2) is 61.7 Å². The summed E-state index contributed by atoms with van der Waals surface area (Å²) in [5.74, 6) is 4.62. The highest BCUT2D eigenvalue weighted by atomic mass is 35.5. The molecule has 0 spiro atoms. The van der Waals surface area contributed by atoms with Crippen molar-refractivity contribution in [3.05, 3.63) is 67.0 Å². The Labute approximate surface area is 336 Å². The van der Waals surface area contributed by atoms with E-state index in [1.807, 2.05) is 46.7 Å². The number of methoxy groups -OCH3 is 2. The number of hydrogen-bond acceptors (Lipinski definition) is 16. The van der Waals surface area contributed by atoms with Gasteiger partial charge in [0.2, 0.25) is 11.2 Å². The number of nitrogens with two attached hydrogens (primary N) is 1. The third-order valence-corrected chi connectivity index (χ3v) is 9.62. The maximum atomic E-state index is 5.78. The van der Waals surface area contributed by atoms with Crippen LogP contribution < -0.4 is 39.8 Å². The molecule has 57 heavy (non-hydrogen) atoms. The quantitative estimate of drug-likeness (QED) is 0.202. The van der Waals surface area contributed by atoms with Crippen molar-refractivity contribution in [2.45, 2.75) is 38.8 Å². The fourth-order valence-corrected chi connectivity index (χ4v) is 5.79. The number of halogens is 1. The summed E-state index contributed by atoms with van der Waals surface area (Å²) in [5.41, 5.74) is 9.99. The number of rotatable bonds is 6. The number of anilines is 5. The lowest BCUT2D eigenvalue weighted by atomic mass is 10.0. The van der Waals surface area contributed by atoms with Crippen molar-refractivity contribution < 1.29 is 18.9 Å². The first-order valence-corrected chi connectivity index (χ1v) is 18.2. The van der Waals surface area contributed by atoms with Crippen LogP contribution in [0.1, 0.15) is 27.7 Å². The molecule has 0 atom stereocenters. The van der Waals surface area contributed by atoms with Gasteiger partial charge in [0.15, 0.2) is 23.1 Å². The molecule has 2 aliphatic heterocycles. The molecule has 2 aliphatic rings. The van der Waals surface area contributed by atoms with Gasteiger partial charge in [-0.1, -0.05) is 0 Å². The predicted molar refractivity (Wildman–Crippen MR) is 219 cm³/mol. The van der Waals surface area contributed by atoms with Gasteiger partial charge >= 0.3 is 0 Å². The number of nitrogens with one attached hydrogen (secondary N) is 1. The average molecular weight is 799 g/mol. The highest BCUT2D eigenvalue weighted by Gasteiger charge is 2.34. The third-order valence-electron chi connectivity index (χ3n) is 9.44. The van der Waals surface area contributed by atoms with Gasteiger partial charge in [-0.05, 0) is 39.3 Å². The second kappa shape index (κ2) is 16.4. The van der Waals surface area contributed by atoms with Crippen LogP contribution in [0.25, 0.3) is 22.5 Å². The van der Waals surface area contributed by atoms with Crippen LogP contribution in [-0.4, -0.2) is 102 Å². The molecule has 18 nitrogen and oxygen atoms in total. The number of nitrogen functional groups attached to an aromatic ring is 1. The van der Waals surface area contributed by atoms with Gasteiger partial charge < -0.3 is 39.8 Å². The van der Waals surface area contributed by atoms with Crippen molar-refractivity contribution in [3.8, 4) is 45.5 Å². The van der Waals surface area contributed by atoms with Gasteiger partial charge in [-0.2, -0.15) is 20.2 Å². The van der Waals surface area contributed by atoms with Gasteiger partial charge in [-0.15, -0.1) is 0 Å². The number of nitrogens with zero attached hydrogens (tertiary/aromatic N) is 12. The Morgan fingerprint density at radius 2 is 1.19 bits per heavy atom. The molecule has 6 aromatic heterocycles. The monoisotopic (exact) mass is 798 g/mol. The van der Waals surface area contributed by atoms with Crippen molar-refractivity contribution in [1.82, 2.24) is 49.5 Å². The van der Waals surface area contributed by atoms with E-state index < -0.39 is 0 Å². The molecule has 19 heteroatoms. The molecule has 0 radical (unpaired) electrons. The molecule has 0 aliphatic carbocycles. The number of aromatic nitrogens is 10. The number of fused-ring (bicyclic) bond motifs is 2. The molecule has 0 saturated heterocycles. The molecule has 3 N–H and O–H groups in total. The van der Waals surface area contributed by atoms with Gasteiger partial charge in [-0.25, -0.2) is 9.97 Å². The number of ether oxygens (including phenoxy) is 4. The molecule has 6 aromatic rings. The number of likely N-dealkylation sites (N-methyl/N-ethyl adjacent to an activating group) is 2. The first-order chi connectivity index (χ1) is 27.1. The van der Waals surface area contributed by atoms with Gasteiger partial charge in [-0.3, -0.25) is 19.3 Å². The summed E-state index contributed by atoms with van der Waals surface area (Å²) >= 11 is 5.73. The molecule has 0 fully saturated rings. The maximum Gasteiger partial charge on any atom is 0.229 e. The van der Waals surface area contributed by atoms with Gasteiger partial charge in [0.1, 0.15) is 36.1 Å². The molecular formula is C38H47ClN14O4. The van der Waals surface area contributed by atoms with Gasteiger partial charge in [0.05, 0.1) is 73.9 Å². The van der Waals surface area contributed by atoms with Gasteiger partial charge in [0, 0.05) is 63.8 Å². The molecule has 0 saturated carbocycles. The van der Waals surface area contributed by atoms with E-state index in [2.05, 4.69) is 82.9 Å². The lowest BCUT2D eigenvalue weighted by molar-refractivity contribution is 0.215. The van der Waals surface area contributed by atoms with Crippen molar-refractivity contribution >= 4 is 40.6 Å². The molecule has 0 aromatic carbocycles. The van der Waals surface area contributed by atoms with Crippen molar-refractivity contribution in [3.63, 3.8) is 0 Å². The Morgan fingerprint density at radius 1 is 0.684 bits per heavy atom. The number of aryl methyl sites for hydroxylation is 2. The van der Waals surface area contributed by atoms with E-state index >= 15 is 0 Å². The Kier molecular flexibility index (Phi) is 11.5. The topological polar surface area (TPSA) is 194 Å². The van der Waals surface area contributed by atoms with Crippen molar-refractivity contribution in [1.29, 1.82) is 0 Å². The summed E-state index contributed by atoms with van der Waals surface area (Å²) < 4.78 is 25.5. The smallest absolute Gasteiger partial charge is 0.229 e. The first kappa shape index (κ1) is 40.2. The van der Waals surface area contributed by atoms with E-state index in [1.54, 1.807) is 66.8 Å². The molecule has 8 heterocycles. The van der Waals surface area contributed by atoms with Crippen LogP contribution in [0.5, 0.6) is 23.0 Å². The Balaban J connectivity index is 0.000000159. The summed E-state index contributed by atoms with van der Waals surface area (Å²) in [6.45, 7) is 9.61. The van der Waals surface area contributed by atoms with Crippen LogP contribution in [0, 0.1) is 0 Å². The van der Waals surface area contributed by atoms with E-state index in [0.29, 0.717) is 47.8 Å². The van der Waals surface area contributed by atoms with Crippen LogP contribution >= 0.6 is 11.6 Å². The Morgan fingerprint density at radius 3 is 1.72 bits per heavy atom. The molecule has 0 bridgehead atoms. The Bertz CT molecular complexity index is 2350. The molecule has 0 amide bonds. The van der Waals surface area contributed by atoms with E-state index in [1.165, 1.54) is 0 Å². The highest BCUT2D eigenvalue weighted by Crippen LogP contribution is 2.37. The minimum atomic E-state index is -0.144. The molecule has 300 valence electrons. The van der Waals surface area contributed by atoms with E-state index in [9.17, 15) is 0 Å². The summed E-state index contributed by atoms with van der Waals surface area (Å²) in [6.07, 6.45) is 13.9. The van der Waals surface area contributed by atoms with Crippen LogP contribution in [0.3, 0.4) is 0 Å². The number of pyridine rings is 2. The average Bonchev–Trinajstić information content (AvgIpc) is 3.83. The predicted octanol–water partition coefficient (Wildman–Crippen LogP) is 5.44. The van der Waals surface area contributed by atoms with Gasteiger partial charge in [0.25, 0.3) is 0 Å². The number of hydrogen-bond donors (Lipinski definition) is 2. The van der Waals surface area contributed by atoms with Crippen molar-refractivity contribution in [2.24, 2.45) is 14.1 Å². The molecular weight excluding hydrogens is 752 g/mol. The van der Waals surface area contributed by atoms with E-state index in [0.717, 1.165) is 39.8 Å². The summed E-state index contributed by atoms with van der Waals surface area (Å²) in [5, 5.41) is 11.7. The van der Waals surface area contributed by atoms with Crippen LogP contribution in [0.2, 0.25) is 5.28 Å². The van der Waals surface area contributed by atoms with E-state index in [4.69, 9.17) is 36.3 Å². The minimum absolute atomic E-state index is 0.0648. The Hall–Kier alpha value is -6.43. The zero-order valence-corrected chi connectivity index (χ0v) is 34.4. The summed E-state index contributed by atoms with van der Waals surface area (Å²) in [4.78, 5) is 29.9. The van der Waals surface area contributed by atoms with E-state index in [-0.39, 0.29) is 16.4 Å². The zero-order chi connectivity index (χ0) is 41.1.